The summed E-state index contributed by atoms with van der Waals surface area (Å²) in [6.07, 6.45) is 14.9. The summed E-state index contributed by atoms with van der Waals surface area (Å²) in [6, 6.07) is 0.798. The van der Waals surface area contributed by atoms with Crippen LogP contribution >= 0.6 is 0 Å². The lowest BCUT2D eigenvalue weighted by Crippen LogP contribution is -2.47. The zero-order valence-electron chi connectivity index (χ0n) is 20.5. The first-order chi connectivity index (χ1) is 13.1. The topological polar surface area (TPSA) is 52.0 Å². The molecule has 0 aromatic carbocycles. The third-order valence-corrected chi connectivity index (χ3v) is 8.41. The molecule has 0 aliphatic heterocycles. The molecule has 1 rings (SSSR count). The first-order valence-corrected chi connectivity index (χ1v) is 12.6. The van der Waals surface area contributed by atoms with Crippen molar-refractivity contribution < 1.29 is 0 Å². The molecule has 0 radical (unpaired) electrons. The van der Waals surface area contributed by atoms with E-state index < -0.39 is 0 Å². The van der Waals surface area contributed by atoms with Gasteiger partial charge in [0, 0.05) is 12.1 Å². The van der Waals surface area contributed by atoms with Crippen LogP contribution in [0.15, 0.2) is 0 Å². The summed E-state index contributed by atoms with van der Waals surface area (Å²) in [5.74, 6) is 3.58. The van der Waals surface area contributed by atoms with Crippen molar-refractivity contribution in [1.29, 1.82) is 0 Å². The third kappa shape index (κ3) is 7.98. The lowest BCUT2D eigenvalue weighted by Gasteiger charge is -2.48. The van der Waals surface area contributed by atoms with Crippen molar-refractivity contribution in [2.75, 3.05) is 0 Å². The average molecular weight is 395 g/mol. The summed E-state index contributed by atoms with van der Waals surface area (Å²) >= 11 is 0. The van der Waals surface area contributed by atoms with Crippen molar-refractivity contribution in [1.82, 2.24) is 0 Å². The van der Waals surface area contributed by atoms with E-state index in [0.29, 0.717) is 41.2 Å². The predicted octanol–water partition coefficient (Wildman–Crippen LogP) is 7.15. The first-order valence-electron chi connectivity index (χ1n) is 12.6. The normalized spacial score (nSPS) is 29.2. The molecule has 4 N–H and O–H groups in total. The highest BCUT2D eigenvalue weighted by molar-refractivity contribution is 4.94. The Labute approximate surface area is 178 Å². The van der Waals surface area contributed by atoms with E-state index in [0.717, 1.165) is 5.92 Å². The minimum absolute atomic E-state index is 0.394. The van der Waals surface area contributed by atoms with Crippen molar-refractivity contribution in [2.24, 2.45) is 46.5 Å². The highest BCUT2D eigenvalue weighted by atomic mass is 14.7. The summed E-state index contributed by atoms with van der Waals surface area (Å²) < 4.78 is 0. The van der Waals surface area contributed by atoms with E-state index in [4.69, 9.17) is 11.5 Å². The molecule has 0 saturated heterocycles. The van der Waals surface area contributed by atoms with Crippen molar-refractivity contribution in [2.45, 2.75) is 131 Å². The molecule has 0 aromatic rings. The Morgan fingerprint density at radius 3 is 2.04 bits per heavy atom. The van der Waals surface area contributed by atoms with E-state index >= 15 is 0 Å². The molecule has 0 heterocycles. The van der Waals surface area contributed by atoms with E-state index in [9.17, 15) is 0 Å². The first kappa shape index (κ1) is 26.0. The molecule has 28 heavy (non-hydrogen) atoms. The Morgan fingerprint density at radius 1 is 0.929 bits per heavy atom. The maximum Gasteiger partial charge on any atom is 0.00956 e. The van der Waals surface area contributed by atoms with Crippen LogP contribution in [0.3, 0.4) is 0 Å². The van der Waals surface area contributed by atoms with E-state index in [-0.39, 0.29) is 0 Å². The second-order valence-corrected chi connectivity index (χ2v) is 11.2. The second kappa shape index (κ2) is 12.6. The minimum atomic E-state index is 0.394. The highest BCUT2D eigenvalue weighted by Gasteiger charge is 2.41. The van der Waals surface area contributed by atoms with E-state index in [1.807, 2.05) is 0 Å². The Balaban J connectivity index is 2.34. The summed E-state index contributed by atoms with van der Waals surface area (Å²) in [4.78, 5) is 0. The fraction of sp³-hybridized carbons (Fsp3) is 1.00. The third-order valence-electron chi connectivity index (χ3n) is 8.41. The van der Waals surface area contributed by atoms with Gasteiger partial charge in [0.15, 0.2) is 0 Å². The van der Waals surface area contributed by atoms with Gasteiger partial charge in [-0.15, -0.1) is 0 Å². The van der Waals surface area contributed by atoms with Gasteiger partial charge in [-0.1, -0.05) is 93.4 Å². The fourth-order valence-corrected chi connectivity index (χ4v) is 5.51. The van der Waals surface area contributed by atoms with Crippen LogP contribution in [-0.2, 0) is 0 Å². The molecular formula is C26H54N2. The van der Waals surface area contributed by atoms with Crippen LogP contribution in [0.1, 0.15) is 119 Å². The lowest BCUT2D eigenvalue weighted by molar-refractivity contribution is 0.0392. The Hall–Kier alpha value is -0.0800. The quantitative estimate of drug-likeness (QED) is 0.326. The Morgan fingerprint density at radius 2 is 1.50 bits per heavy atom. The van der Waals surface area contributed by atoms with Crippen molar-refractivity contribution in [3.8, 4) is 0 Å². The monoisotopic (exact) mass is 394 g/mol. The number of nitrogens with two attached hydrogens (primary N) is 2. The standard InChI is InChI=1S/C26H54N2/c1-8-26(7,22-17-21(6)25(28)23(18-22)19(2)3)16-14-12-10-9-11-13-15-24(27)20(4)5/h19-25H,8-18,27-28H2,1-7H3. The van der Waals surface area contributed by atoms with E-state index in [1.54, 1.807) is 0 Å². The average Bonchev–Trinajstić information content (AvgIpc) is 2.64. The minimum Gasteiger partial charge on any atom is -0.327 e. The van der Waals surface area contributed by atoms with Crippen LogP contribution in [-0.4, -0.2) is 12.1 Å². The molecule has 1 aliphatic rings. The number of rotatable bonds is 13. The molecular weight excluding hydrogens is 340 g/mol. The highest BCUT2D eigenvalue weighted by Crippen LogP contribution is 2.48. The molecule has 0 bridgehead atoms. The predicted molar refractivity (Wildman–Crippen MR) is 126 cm³/mol. The summed E-state index contributed by atoms with van der Waals surface area (Å²) in [5.41, 5.74) is 13.2. The molecule has 2 heteroatoms. The molecule has 0 amide bonds. The molecule has 168 valence electrons. The van der Waals surface area contributed by atoms with Crippen LogP contribution in [0.4, 0.5) is 0 Å². The molecule has 2 nitrogen and oxygen atoms in total. The van der Waals surface area contributed by atoms with Crippen molar-refractivity contribution >= 4 is 0 Å². The Bertz CT molecular complexity index is 405. The fourth-order valence-electron chi connectivity index (χ4n) is 5.51. The van der Waals surface area contributed by atoms with Crippen LogP contribution in [0.2, 0.25) is 0 Å². The van der Waals surface area contributed by atoms with Gasteiger partial charge in [-0.2, -0.15) is 0 Å². The smallest absolute Gasteiger partial charge is 0.00956 e. The zero-order valence-corrected chi connectivity index (χ0v) is 20.5. The van der Waals surface area contributed by atoms with Gasteiger partial charge in [-0.25, -0.2) is 0 Å². The molecule has 6 unspecified atom stereocenters. The number of unbranched alkanes of at least 4 members (excludes halogenated alkanes) is 5. The van der Waals surface area contributed by atoms with E-state index in [2.05, 4.69) is 48.5 Å². The van der Waals surface area contributed by atoms with Gasteiger partial charge < -0.3 is 11.5 Å². The molecule has 0 spiro atoms. The van der Waals surface area contributed by atoms with Gasteiger partial charge in [-0.05, 0) is 60.7 Å². The van der Waals surface area contributed by atoms with Crippen molar-refractivity contribution in [3.05, 3.63) is 0 Å². The van der Waals surface area contributed by atoms with Gasteiger partial charge in [0.25, 0.3) is 0 Å². The SMILES string of the molecule is CCC(C)(CCCCCCCCC(N)C(C)C)C1CC(C)C(N)C(C(C)C)C1. The molecule has 0 aromatic heterocycles. The molecule has 6 atom stereocenters. The van der Waals surface area contributed by atoms with Gasteiger partial charge >= 0.3 is 0 Å². The Kier molecular flexibility index (Phi) is 11.7. The molecule has 1 fully saturated rings. The summed E-state index contributed by atoms with van der Waals surface area (Å²) in [6.45, 7) is 16.6. The zero-order chi connectivity index (χ0) is 21.3. The number of hydrogen-bond donors (Lipinski definition) is 2. The molecule has 1 aliphatic carbocycles. The van der Waals surface area contributed by atoms with Crippen LogP contribution in [0.25, 0.3) is 0 Å². The second-order valence-electron chi connectivity index (χ2n) is 11.2. The summed E-state index contributed by atoms with van der Waals surface area (Å²) in [7, 11) is 0. The molecule has 1 saturated carbocycles. The van der Waals surface area contributed by atoms with E-state index in [1.165, 1.54) is 70.6 Å². The van der Waals surface area contributed by atoms with Crippen LogP contribution < -0.4 is 11.5 Å². The largest absolute Gasteiger partial charge is 0.327 e. The maximum atomic E-state index is 6.58. The van der Waals surface area contributed by atoms with Crippen LogP contribution in [0.5, 0.6) is 0 Å². The lowest BCUT2D eigenvalue weighted by atomic mass is 9.59. The van der Waals surface area contributed by atoms with Gasteiger partial charge in [0.1, 0.15) is 0 Å². The van der Waals surface area contributed by atoms with Crippen LogP contribution in [0, 0.1) is 35.0 Å². The van der Waals surface area contributed by atoms with Crippen molar-refractivity contribution in [3.63, 3.8) is 0 Å². The van der Waals surface area contributed by atoms with Gasteiger partial charge in [-0.3, -0.25) is 0 Å². The van der Waals surface area contributed by atoms with Gasteiger partial charge in [0.05, 0.1) is 0 Å². The number of hydrogen-bond acceptors (Lipinski definition) is 2. The maximum absolute atomic E-state index is 6.58. The van der Waals surface area contributed by atoms with Gasteiger partial charge in [0.2, 0.25) is 0 Å². The summed E-state index contributed by atoms with van der Waals surface area (Å²) in [5, 5.41) is 0.